The lowest BCUT2D eigenvalue weighted by Gasteiger charge is -2.16. The van der Waals surface area contributed by atoms with Crippen LogP contribution in [-0.2, 0) is 4.79 Å². The molecule has 1 aromatic heterocycles. The Morgan fingerprint density at radius 2 is 2.09 bits per heavy atom. The molecule has 1 saturated heterocycles. The molecule has 1 N–H and O–H groups in total. The Morgan fingerprint density at radius 3 is 2.78 bits per heavy atom. The van der Waals surface area contributed by atoms with Crippen LogP contribution in [-0.4, -0.2) is 17.4 Å². The predicted octanol–water partition coefficient (Wildman–Crippen LogP) is 3.22. The van der Waals surface area contributed by atoms with Crippen LogP contribution in [0.2, 0.25) is 0 Å². The van der Waals surface area contributed by atoms with Gasteiger partial charge < -0.3 is 5.32 Å². The zero-order valence-electron chi connectivity index (χ0n) is 13.0. The van der Waals surface area contributed by atoms with Gasteiger partial charge in [-0.05, 0) is 72.4 Å². The lowest BCUT2D eigenvalue weighted by molar-refractivity contribution is -0.118. The van der Waals surface area contributed by atoms with Crippen molar-refractivity contribution in [1.82, 2.24) is 10.3 Å². The van der Waals surface area contributed by atoms with Gasteiger partial charge in [-0.3, -0.25) is 9.78 Å². The van der Waals surface area contributed by atoms with Gasteiger partial charge in [0, 0.05) is 24.5 Å². The van der Waals surface area contributed by atoms with E-state index in [0.29, 0.717) is 5.56 Å². The summed E-state index contributed by atoms with van der Waals surface area (Å²) in [7, 11) is 0. The summed E-state index contributed by atoms with van der Waals surface area (Å²) in [6.07, 6.45) is 7.11. The lowest BCUT2D eigenvalue weighted by Crippen LogP contribution is -2.30. The van der Waals surface area contributed by atoms with Crippen LogP contribution in [0.15, 0.2) is 42.2 Å². The van der Waals surface area contributed by atoms with Crippen LogP contribution in [0, 0.1) is 18.3 Å². The highest BCUT2D eigenvalue weighted by atomic mass is 16.1. The van der Waals surface area contributed by atoms with Crippen molar-refractivity contribution >= 4 is 12.0 Å². The second-order valence-electron chi connectivity index (χ2n) is 5.61. The van der Waals surface area contributed by atoms with Crippen LogP contribution < -0.4 is 5.32 Å². The molecule has 0 saturated carbocycles. The van der Waals surface area contributed by atoms with E-state index in [-0.39, 0.29) is 5.91 Å². The van der Waals surface area contributed by atoms with Crippen LogP contribution in [0.5, 0.6) is 0 Å². The largest absolute Gasteiger partial charge is 0.352 e. The van der Waals surface area contributed by atoms with E-state index in [2.05, 4.69) is 16.4 Å². The monoisotopic (exact) mass is 303 g/mol. The minimum atomic E-state index is -0.0107. The molecule has 0 unspecified atom stereocenters. The van der Waals surface area contributed by atoms with Gasteiger partial charge in [0.2, 0.25) is 5.91 Å². The Morgan fingerprint density at radius 1 is 1.30 bits per heavy atom. The molecule has 3 rings (SSSR count). The smallest absolute Gasteiger partial charge is 0.247 e. The van der Waals surface area contributed by atoms with E-state index in [4.69, 9.17) is 0 Å². The van der Waals surface area contributed by atoms with Crippen molar-refractivity contribution in [3.05, 3.63) is 58.9 Å². The van der Waals surface area contributed by atoms with E-state index >= 15 is 0 Å². The quantitative estimate of drug-likeness (QED) is 0.866. The maximum atomic E-state index is 12.0. The summed E-state index contributed by atoms with van der Waals surface area (Å²) in [5.41, 5.74) is 5.35. The Kier molecular flexibility index (Phi) is 4.20. The number of hydrogen-bond donors (Lipinski definition) is 1. The van der Waals surface area contributed by atoms with E-state index < -0.39 is 0 Å². The van der Waals surface area contributed by atoms with Crippen molar-refractivity contribution in [3.63, 3.8) is 0 Å². The molecule has 114 valence electrons. The molecule has 4 nitrogen and oxygen atoms in total. The summed E-state index contributed by atoms with van der Waals surface area (Å²) in [6.45, 7) is 2.75. The average molecular weight is 303 g/mol. The number of nitriles is 1. The molecule has 1 aromatic carbocycles. The molecule has 2 aromatic rings. The van der Waals surface area contributed by atoms with E-state index in [1.807, 2.05) is 37.3 Å². The summed E-state index contributed by atoms with van der Waals surface area (Å²) >= 11 is 0. The standard InChI is InChI=1S/C19H17N3O/c1-13-17(11-16-3-2-6-22-19(16)23)9-14(12-20)10-18(13)15-4-7-21-8-5-15/h4-5,7-11H,2-3,6H2,1H3,(H,22,23)/b16-11+. The number of hydrogen-bond acceptors (Lipinski definition) is 3. The van der Waals surface area contributed by atoms with Crippen LogP contribution in [0.25, 0.3) is 17.2 Å². The summed E-state index contributed by atoms with van der Waals surface area (Å²) in [4.78, 5) is 16.0. The van der Waals surface area contributed by atoms with Gasteiger partial charge in [-0.25, -0.2) is 0 Å². The van der Waals surface area contributed by atoms with Gasteiger partial charge in [0.15, 0.2) is 0 Å². The molecule has 1 amide bonds. The Labute approximate surface area is 135 Å². The van der Waals surface area contributed by atoms with Crippen molar-refractivity contribution in [2.45, 2.75) is 19.8 Å². The van der Waals surface area contributed by atoms with Crippen molar-refractivity contribution in [1.29, 1.82) is 5.26 Å². The molecule has 1 fully saturated rings. The van der Waals surface area contributed by atoms with Gasteiger partial charge >= 0.3 is 0 Å². The normalized spacial score (nSPS) is 16.0. The molecule has 0 bridgehead atoms. The van der Waals surface area contributed by atoms with Crippen molar-refractivity contribution in [2.24, 2.45) is 0 Å². The molecule has 0 atom stereocenters. The van der Waals surface area contributed by atoms with E-state index in [1.165, 1.54) is 0 Å². The van der Waals surface area contributed by atoms with Crippen LogP contribution >= 0.6 is 0 Å². The number of aromatic nitrogens is 1. The fourth-order valence-corrected chi connectivity index (χ4v) is 2.82. The first-order valence-corrected chi connectivity index (χ1v) is 7.63. The number of nitrogens with one attached hydrogen (secondary N) is 1. The topological polar surface area (TPSA) is 65.8 Å². The number of nitrogens with zero attached hydrogens (tertiary/aromatic N) is 2. The Hall–Kier alpha value is -2.93. The van der Waals surface area contributed by atoms with Crippen LogP contribution in [0.3, 0.4) is 0 Å². The van der Waals surface area contributed by atoms with Crippen molar-refractivity contribution in [2.75, 3.05) is 6.54 Å². The highest BCUT2D eigenvalue weighted by molar-refractivity contribution is 5.99. The molecule has 2 heterocycles. The highest BCUT2D eigenvalue weighted by Gasteiger charge is 2.15. The summed E-state index contributed by atoms with van der Waals surface area (Å²) < 4.78 is 0. The number of pyridine rings is 1. The van der Waals surface area contributed by atoms with E-state index in [0.717, 1.165) is 47.2 Å². The van der Waals surface area contributed by atoms with Crippen LogP contribution in [0.4, 0.5) is 0 Å². The fraction of sp³-hybridized carbons (Fsp3) is 0.211. The maximum Gasteiger partial charge on any atom is 0.247 e. The highest BCUT2D eigenvalue weighted by Crippen LogP contribution is 2.29. The first-order valence-electron chi connectivity index (χ1n) is 7.63. The molecule has 4 heteroatoms. The van der Waals surface area contributed by atoms with E-state index in [9.17, 15) is 10.1 Å². The van der Waals surface area contributed by atoms with Gasteiger partial charge in [-0.2, -0.15) is 5.26 Å². The predicted molar refractivity (Wildman–Crippen MR) is 89.3 cm³/mol. The van der Waals surface area contributed by atoms with Gasteiger partial charge in [-0.15, -0.1) is 0 Å². The van der Waals surface area contributed by atoms with Gasteiger partial charge in [0.05, 0.1) is 11.6 Å². The Bertz CT molecular complexity index is 816. The number of carbonyl (C=O) groups excluding carboxylic acids is 1. The summed E-state index contributed by atoms with van der Waals surface area (Å²) in [5.74, 6) is -0.0107. The van der Waals surface area contributed by atoms with Crippen molar-refractivity contribution in [3.8, 4) is 17.2 Å². The fourth-order valence-electron chi connectivity index (χ4n) is 2.82. The third kappa shape index (κ3) is 3.14. The molecule has 0 radical (unpaired) electrons. The zero-order valence-corrected chi connectivity index (χ0v) is 13.0. The molecule has 23 heavy (non-hydrogen) atoms. The first kappa shape index (κ1) is 15.0. The minimum Gasteiger partial charge on any atom is -0.352 e. The third-order valence-corrected chi connectivity index (χ3v) is 4.10. The SMILES string of the molecule is Cc1c(/C=C2\CCCNC2=O)cc(C#N)cc1-c1ccncc1. The maximum absolute atomic E-state index is 12.0. The lowest BCUT2D eigenvalue weighted by atomic mass is 9.92. The van der Waals surface area contributed by atoms with Gasteiger partial charge in [0.1, 0.15) is 0 Å². The molecular weight excluding hydrogens is 286 g/mol. The number of amides is 1. The van der Waals surface area contributed by atoms with Gasteiger partial charge in [0.25, 0.3) is 0 Å². The Balaban J connectivity index is 2.12. The molecule has 0 spiro atoms. The zero-order chi connectivity index (χ0) is 16.2. The molecule has 1 aliphatic heterocycles. The summed E-state index contributed by atoms with van der Waals surface area (Å²) in [5, 5.41) is 12.2. The molecular formula is C19H17N3O. The van der Waals surface area contributed by atoms with Gasteiger partial charge in [-0.1, -0.05) is 0 Å². The molecule has 0 aliphatic carbocycles. The second-order valence-corrected chi connectivity index (χ2v) is 5.61. The van der Waals surface area contributed by atoms with E-state index in [1.54, 1.807) is 12.4 Å². The van der Waals surface area contributed by atoms with Crippen molar-refractivity contribution < 1.29 is 4.79 Å². The van der Waals surface area contributed by atoms with Crippen LogP contribution in [0.1, 0.15) is 29.5 Å². The minimum absolute atomic E-state index is 0.0107. The average Bonchev–Trinajstić information content (AvgIpc) is 2.59. The number of rotatable bonds is 2. The first-order chi connectivity index (χ1) is 11.2. The second kappa shape index (κ2) is 6.45. The third-order valence-electron chi connectivity index (χ3n) is 4.10. The molecule has 1 aliphatic rings. The number of carbonyl (C=O) groups is 1. The number of benzene rings is 1. The number of piperidine rings is 1. The summed E-state index contributed by atoms with van der Waals surface area (Å²) in [6, 6.07) is 9.78.